The van der Waals surface area contributed by atoms with Gasteiger partial charge in [0.25, 0.3) is 11.6 Å². The second kappa shape index (κ2) is 6.59. The van der Waals surface area contributed by atoms with Gasteiger partial charge >= 0.3 is 6.18 Å². The van der Waals surface area contributed by atoms with E-state index in [-0.39, 0.29) is 12.4 Å². The van der Waals surface area contributed by atoms with Crippen LogP contribution in [0.15, 0.2) is 16.2 Å². The standard InChI is InChI=1S/C13H14F3N7OS/c1-3-4-22-8(6-24)19-20-12(22)25-9-5-7(2)17-11-18-10(13(14,15)16)21-23(9)11/h5,24H,3-4,6H2,1-2H3. The number of aliphatic hydroxyl groups is 1. The van der Waals surface area contributed by atoms with E-state index in [9.17, 15) is 18.3 Å². The van der Waals surface area contributed by atoms with Crippen LogP contribution in [-0.2, 0) is 19.3 Å². The van der Waals surface area contributed by atoms with E-state index in [1.165, 1.54) is 0 Å². The molecule has 0 saturated carbocycles. The lowest BCUT2D eigenvalue weighted by molar-refractivity contribution is -0.144. The summed E-state index contributed by atoms with van der Waals surface area (Å²) in [5.41, 5.74) is 0.500. The minimum absolute atomic E-state index is 0.140. The van der Waals surface area contributed by atoms with E-state index in [0.29, 0.717) is 28.2 Å². The molecule has 0 aromatic carbocycles. The molecule has 3 aromatic heterocycles. The Labute approximate surface area is 144 Å². The Balaban J connectivity index is 2.07. The van der Waals surface area contributed by atoms with E-state index in [4.69, 9.17) is 0 Å². The molecule has 0 spiro atoms. The molecule has 0 bridgehead atoms. The minimum atomic E-state index is -4.66. The van der Waals surface area contributed by atoms with Crippen LogP contribution in [0.3, 0.4) is 0 Å². The third-order valence-electron chi connectivity index (χ3n) is 3.24. The molecular formula is C13H14F3N7OS. The van der Waals surface area contributed by atoms with Crippen molar-refractivity contribution in [3.05, 3.63) is 23.4 Å². The first-order valence-electron chi connectivity index (χ1n) is 7.36. The van der Waals surface area contributed by atoms with E-state index >= 15 is 0 Å². The smallest absolute Gasteiger partial charge is 0.388 e. The third-order valence-corrected chi connectivity index (χ3v) is 4.22. The number of aryl methyl sites for hydroxylation is 1. The summed E-state index contributed by atoms with van der Waals surface area (Å²) < 4.78 is 41.4. The van der Waals surface area contributed by atoms with E-state index < -0.39 is 12.0 Å². The summed E-state index contributed by atoms with van der Waals surface area (Å²) in [7, 11) is 0. The molecule has 8 nitrogen and oxygen atoms in total. The fraction of sp³-hybridized carbons (Fsp3) is 0.462. The highest BCUT2D eigenvalue weighted by molar-refractivity contribution is 7.99. The van der Waals surface area contributed by atoms with Gasteiger partial charge in [0.1, 0.15) is 11.6 Å². The maximum Gasteiger partial charge on any atom is 0.453 e. The SMILES string of the molecule is CCCn1c(CO)nnc1Sc1cc(C)nc2nc(C(F)(F)F)nn12. The summed E-state index contributed by atoms with van der Waals surface area (Å²) in [5, 5.41) is 21.6. The van der Waals surface area contributed by atoms with Crippen molar-refractivity contribution in [1.29, 1.82) is 0 Å². The average Bonchev–Trinajstić information content (AvgIpc) is 3.12. The number of aromatic nitrogens is 7. The van der Waals surface area contributed by atoms with Crippen LogP contribution in [0.25, 0.3) is 5.78 Å². The van der Waals surface area contributed by atoms with Gasteiger partial charge in [-0.2, -0.15) is 22.7 Å². The molecule has 0 atom stereocenters. The van der Waals surface area contributed by atoms with Gasteiger partial charge in [-0.25, -0.2) is 4.98 Å². The summed E-state index contributed by atoms with van der Waals surface area (Å²) in [6.45, 7) is 3.91. The first kappa shape index (κ1) is 17.6. The number of fused-ring (bicyclic) bond motifs is 1. The summed E-state index contributed by atoms with van der Waals surface area (Å²) in [4.78, 5) is 7.43. The lowest BCUT2D eigenvalue weighted by atomic mass is 10.4. The number of hydrogen-bond donors (Lipinski definition) is 1. The molecule has 0 aliphatic heterocycles. The van der Waals surface area contributed by atoms with Gasteiger partial charge in [-0.3, -0.25) is 0 Å². The highest BCUT2D eigenvalue weighted by Gasteiger charge is 2.37. The molecule has 134 valence electrons. The Hall–Kier alpha value is -2.21. The number of alkyl halides is 3. The number of nitrogens with zero attached hydrogens (tertiary/aromatic N) is 7. The molecule has 1 N–H and O–H groups in total. The molecule has 0 aliphatic carbocycles. The molecule has 0 saturated heterocycles. The van der Waals surface area contributed by atoms with Gasteiger partial charge in [-0.15, -0.1) is 15.3 Å². The molecule has 3 rings (SSSR count). The number of halogens is 3. The highest BCUT2D eigenvalue weighted by Crippen LogP contribution is 2.30. The van der Waals surface area contributed by atoms with Crippen molar-refractivity contribution in [2.24, 2.45) is 0 Å². The van der Waals surface area contributed by atoms with Crippen molar-refractivity contribution >= 4 is 17.5 Å². The van der Waals surface area contributed by atoms with Crippen molar-refractivity contribution in [2.45, 2.75) is 49.8 Å². The molecular weight excluding hydrogens is 359 g/mol. The third kappa shape index (κ3) is 3.44. The lowest BCUT2D eigenvalue weighted by Gasteiger charge is -2.08. The molecule has 3 heterocycles. The van der Waals surface area contributed by atoms with Gasteiger partial charge in [0.05, 0.1) is 0 Å². The molecule has 0 unspecified atom stereocenters. The lowest BCUT2D eigenvalue weighted by Crippen LogP contribution is -2.08. The Morgan fingerprint density at radius 2 is 2.00 bits per heavy atom. The Kier molecular flexibility index (Phi) is 4.64. The van der Waals surface area contributed by atoms with Crippen LogP contribution in [0.2, 0.25) is 0 Å². The van der Waals surface area contributed by atoms with Crippen molar-refractivity contribution in [1.82, 2.24) is 34.3 Å². The fourth-order valence-corrected chi connectivity index (χ4v) is 3.21. The summed E-state index contributed by atoms with van der Waals surface area (Å²) in [6.07, 6.45) is -3.87. The summed E-state index contributed by atoms with van der Waals surface area (Å²) >= 11 is 1.09. The zero-order valence-electron chi connectivity index (χ0n) is 13.3. The van der Waals surface area contributed by atoms with Gasteiger partial charge in [0.2, 0.25) is 0 Å². The molecule has 3 aromatic rings. The zero-order chi connectivity index (χ0) is 18.2. The number of aliphatic hydroxyl groups excluding tert-OH is 1. The van der Waals surface area contributed by atoms with Crippen LogP contribution in [0, 0.1) is 6.92 Å². The van der Waals surface area contributed by atoms with Gasteiger partial charge in [-0.1, -0.05) is 6.92 Å². The van der Waals surface area contributed by atoms with Crippen molar-refractivity contribution in [3.63, 3.8) is 0 Å². The van der Waals surface area contributed by atoms with E-state index in [1.807, 2.05) is 6.92 Å². The normalized spacial score (nSPS) is 12.2. The van der Waals surface area contributed by atoms with E-state index in [1.54, 1.807) is 17.6 Å². The predicted octanol–water partition coefficient (Wildman–Crippen LogP) is 2.10. The number of hydrogen-bond acceptors (Lipinski definition) is 7. The molecule has 12 heteroatoms. The average molecular weight is 373 g/mol. The molecule has 25 heavy (non-hydrogen) atoms. The van der Waals surface area contributed by atoms with E-state index in [2.05, 4.69) is 25.3 Å². The van der Waals surface area contributed by atoms with Crippen LogP contribution in [0.1, 0.15) is 30.7 Å². The van der Waals surface area contributed by atoms with Crippen LogP contribution in [-0.4, -0.2) is 39.5 Å². The van der Waals surface area contributed by atoms with Crippen LogP contribution < -0.4 is 0 Å². The molecule has 0 radical (unpaired) electrons. The summed E-state index contributed by atoms with van der Waals surface area (Å²) in [6, 6.07) is 1.59. The molecule has 0 amide bonds. The molecule has 0 fully saturated rings. The largest absolute Gasteiger partial charge is 0.453 e. The first-order chi connectivity index (χ1) is 11.8. The highest BCUT2D eigenvalue weighted by atomic mass is 32.2. The fourth-order valence-electron chi connectivity index (χ4n) is 2.20. The Bertz CT molecular complexity index is 905. The van der Waals surface area contributed by atoms with Crippen molar-refractivity contribution < 1.29 is 18.3 Å². The zero-order valence-corrected chi connectivity index (χ0v) is 14.1. The van der Waals surface area contributed by atoms with Gasteiger partial charge < -0.3 is 9.67 Å². The van der Waals surface area contributed by atoms with Gasteiger partial charge in [0.15, 0.2) is 11.0 Å². The topological polar surface area (TPSA) is 94.0 Å². The second-order valence-corrected chi connectivity index (χ2v) is 6.18. The Morgan fingerprint density at radius 3 is 2.64 bits per heavy atom. The van der Waals surface area contributed by atoms with E-state index in [0.717, 1.165) is 22.7 Å². The predicted molar refractivity (Wildman–Crippen MR) is 80.9 cm³/mol. The first-order valence-corrected chi connectivity index (χ1v) is 8.17. The quantitative estimate of drug-likeness (QED) is 0.685. The minimum Gasteiger partial charge on any atom is -0.388 e. The Morgan fingerprint density at radius 1 is 1.24 bits per heavy atom. The maximum atomic E-state index is 12.9. The van der Waals surface area contributed by atoms with Crippen molar-refractivity contribution in [2.75, 3.05) is 0 Å². The van der Waals surface area contributed by atoms with Crippen LogP contribution in [0.5, 0.6) is 0 Å². The van der Waals surface area contributed by atoms with Crippen LogP contribution in [0.4, 0.5) is 13.2 Å². The second-order valence-electron chi connectivity index (χ2n) is 5.19. The summed E-state index contributed by atoms with van der Waals surface area (Å²) in [5.74, 6) is -1.00. The number of rotatable bonds is 5. The van der Waals surface area contributed by atoms with Crippen LogP contribution >= 0.6 is 11.8 Å². The molecule has 0 aliphatic rings. The monoisotopic (exact) mass is 373 g/mol. The van der Waals surface area contributed by atoms with Crippen molar-refractivity contribution in [3.8, 4) is 0 Å². The van der Waals surface area contributed by atoms with Gasteiger partial charge in [-0.05, 0) is 31.2 Å². The maximum absolute atomic E-state index is 12.9. The van der Waals surface area contributed by atoms with Gasteiger partial charge in [0, 0.05) is 12.2 Å².